The number of pyridine rings is 2. The number of rotatable bonds is 4. The summed E-state index contributed by atoms with van der Waals surface area (Å²) in [5.41, 5.74) is 3.73. The van der Waals surface area contributed by atoms with Gasteiger partial charge in [-0.2, -0.15) is 0 Å². The molecule has 0 bridgehead atoms. The molecule has 0 saturated heterocycles. The fourth-order valence-electron chi connectivity index (χ4n) is 2.89. The molecule has 0 unspecified atom stereocenters. The van der Waals surface area contributed by atoms with Gasteiger partial charge in [0.05, 0.1) is 22.5 Å². The second-order valence-electron chi connectivity index (χ2n) is 6.10. The zero-order valence-electron chi connectivity index (χ0n) is 14.4. The van der Waals surface area contributed by atoms with E-state index in [1.165, 1.54) is 0 Å². The summed E-state index contributed by atoms with van der Waals surface area (Å²) in [6.45, 7) is 0.422. The molecule has 4 nitrogen and oxygen atoms in total. The molecule has 0 radical (unpaired) electrons. The summed E-state index contributed by atoms with van der Waals surface area (Å²) >= 11 is 5.91. The minimum absolute atomic E-state index is 0.152. The van der Waals surface area contributed by atoms with Crippen LogP contribution in [-0.4, -0.2) is 15.9 Å². The zero-order chi connectivity index (χ0) is 18.6. The average Bonchev–Trinajstić information content (AvgIpc) is 2.73. The molecule has 2 heterocycles. The van der Waals surface area contributed by atoms with E-state index in [2.05, 4.69) is 15.3 Å². The fraction of sp³-hybridized carbons (Fsp3) is 0.0455. The number of fused-ring (bicyclic) bond motifs is 1. The Kier molecular flexibility index (Phi) is 4.81. The Morgan fingerprint density at radius 3 is 2.48 bits per heavy atom. The first-order chi connectivity index (χ1) is 13.2. The van der Waals surface area contributed by atoms with E-state index in [1.54, 1.807) is 12.3 Å². The molecule has 0 aliphatic carbocycles. The van der Waals surface area contributed by atoms with Gasteiger partial charge in [-0.25, -0.2) is 4.98 Å². The molecular weight excluding hydrogens is 358 g/mol. The van der Waals surface area contributed by atoms with Gasteiger partial charge in [-0.15, -0.1) is 0 Å². The molecule has 2 aromatic carbocycles. The standard InChI is InChI=1S/C22H16ClN3O/c23-16-10-8-15(9-11-16)14-25-22(27)18-13-21(20-7-3-4-12-24-20)26-19-6-2-1-5-17(18)19/h1-13H,14H2,(H,25,27). The number of nitrogens with one attached hydrogen (secondary N) is 1. The van der Waals surface area contributed by atoms with Crippen LogP contribution in [0.4, 0.5) is 0 Å². The Morgan fingerprint density at radius 2 is 1.70 bits per heavy atom. The first kappa shape index (κ1) is 17.2. The molecule has 132 valence electrons. The smallest absolute Gasteiger partial charge is 0.252 e. The fourth-order valence-corrected chi connectivity index (χ4v) is 3.01. The van der Waals surface area contributed by atoms with Crippen molar-refractivity contribution in [3.63, 3.8) is 0 Å². The number of benzene rings is 2. The second kappa shape index (κ2) is 7.56. The van der Waals surface area contributed by atoms with Gasteiger partial charge in [0, 0.05) is 23.2 Å². The second-order valence-corrected chi connectivity index (χ2v) is 6.53. The highest BCUT2D eigenvalue weighted by molar-refractivity contribution is 6.30. The highest BCUT2D eigenvalue weighted by Gasteiger charge is 2.14. The Labute approximate surface area is 161 Å². The van der Waals surface area contributed by atoms with Crippen LogP contribution in [0.5, 0.6) is 0 Å². The highest BCUT2D eigenvalue weighted by atomic mass is 35.5. The van der Waals surface area contributed by atoms with E-state index >= 15 is 0 Å². The third-order valence-electron chi connectivity index (χ3n) is 4.25. The lowest BCUT2D eigenvalue weighted by Crippen LogP contribution is -2.23. The minimum atomic E-state index is -0.152. The maximum Gasteiger partial charge on any atom is 0.252 e. The van der Waals surface area contributed by atoms with Gasteiger partial charge in [-0.1, -0.05) is 48.0 Å². The van der Waals surface area contributed by atoms with Gasteiger partial charge in [0.1, 0.15) is 0 Å². The van der Waals surface area contributed by atoms with Crippen molar-refractivity contribution in [3.8, 4) is 11.4 Å². The molecule has 1 amide bonds. The van der Waals surface area contributed by atoms with E-state index in [9.17, 15) is 4.79 Å². The van der Waals surface area contributed by atoms with Crippen molar-refractivity contribution in [3.05, 3.63) is 95.1 Å². The summed E-state index contributed by atoms with van der Waals surface area (Å²) in [5, 5.41) is 4.46. The third kappa shape index (κ3) is 3.81. The topological polar surface area (TPSA) is 54.9 Å². The first-order valence-corrected chi connectivity index (χ1v) is 8.92. The summed E-state index contributed by atoms with van der Waals surface area (Å²) in [5.74, 6) is -0.152. The summed E-state index contributed by atoms with van der Waals surface area (Å²) in [4.78, 5) is 21.9. The van der Waals surface area contributed by atoms with Crippen LogP contribution in [-0.2, 0) is 6.54 Å². The van der Waals surface area contributed by atoms with Crippen LogP contribution in [0.25, 0.3) is 22.3 Å². The summed E-state index contributed by atoms with van der Waals surface area (Å²) < 4.78 is 0. The Morgan fingerprint density at radius 1 is 0.926 bits per heavy atom. The van der Waals surface area contributed by atoms with Crippen LogP contribution in [0.2, 0.25) is 5.02 Å². The number of amides is 1. The van der Waals surface area contributed by atoms with E-state index in [0.717, 1.165) is 22.2 Å². The van der Waals surface area contributed by atoms with E-state index in [4.69, 9.17) is 11.6 Å². The molecule has 1 N–H and O–H groups in total. The number of aromatic nitrogens is 2. The van der Waals surface area contributed by atoms with Crippen LogP contribution in [0.15, 0.2) is 79.0 Å². The van der Waals surface area contributed by atoms with Crippen molar-refractivity contribution in [2.75, 3.05) is 0 Å². The van der Waals surface area contributed by atoms with Gasteiger partial charge < -0.3 is 5.32 Å². The van der Waals surface area contributed by atoms with Gasteiger partial charge in [0.2, 0.25) is 0 Å². The molecule has 2 aromatic heterocycles. The predicted molar refractivity (Wildman–Crippen MR) is 108 cm³/mol. The maximum absolute atomic E-state index is 12.9. The number of carbonyl (C=O) groups is 1. The van der Waals surface area contributed by atoms with Crippen molar-refractivity contribution in [1.82, 2.24) is 15.3 Å². The minimum Gasteiger partial charge on any atom is -0.348 e. The van der Waals surface area contributed by atoms with E-state index < -0.39 is 0 Å². The van der Waals surface area contributed by atoms with Crippen molar-refractivity contribution in [2.45, 2.75) is 6.54 Å². The Hall–Kier alpha value is -3.24. The monoisotopic (exact) mass is 373 g/mol. The molecule has 0 aliphatic heterocycles. The quantitative estimate of drug-likeness (QED) is 0.554. The molecule has 0 fully saturated rings. The van der Waals surface area contributed by atoms with Crippen LogP contribution < -0.4 is 5.32 Å². The largest absolute Gasteiger partial charge is 0.348 e. The van der Waals surface area contributed by atoms with Crippen LogP contribution in [0, 0.1) is 0 Å². The van der Waals surface area contributed by atoms with Gasteiger partial charge >= 0.3 is 0 Å². The average molecular weight is 374 g/mol. The van der Waals surface area contributed by atoms with Crippen LogP contribution >= 0.6 is 11.6 Å². The molecule has 4 aromatic rings. The molecule has 5 heteroatoms. The normalized spacial score (nSPS) is 10.7. The molecule has 0 atom stereocenters. The molecule has 4 rings (SSSR count). The van der Waals surface area contributed by atoms with Gasteiger partial charge in [0.25, 0.3) is 5.91 Å². The van der Waals surface area contributed by atoms with Crippen molar-refractivity contribution in [1.29, 1.82) is 0 Å². The summed E-state index contributed by atoms with van der Waals surface area (Å²) in [6, 6.07) is 22.5. The number of hydrogen-bond acceptors (Lipinski definition) is 3. The number of carbonyl (C=O) groups excluding carboxylic acids is 1. The van der Waals surface area contributed by atoms with Crippen molar-refractivity contribution >= 4 is 28.4 Å². The first-order valence-electron chi connectivity index (χ1n) is 8.54. The SMILES string of the molecule is O=C(NCc1ccc(Cl)cc1)c1cc(-c2ccccn2)nc2ccccc12. The maximum atomic E-state index is 12.9. The summed E-state index contributed by atoms with van der Waals surface area (Å²) in [7, 11) is 0. The van der Waals surface area contributed by atoms with E-state index in [0.29, 0.717) is 22.8 Å². The zero-order valence-corrected chi connectivity index (χ0v) is 15.1. The molecule has 0 aliphatic rings. The molecule has 0 spiro atoms. The number of halogens is 1. The highest BCUT2D eigenvalue weighted by Crippen LogP contribution is 2.23. The Bertz CT molecular complexity index is 1100. The van der Waals surface area contributed by atoms with Gasteiger partial charge in [-0.05, 0) is 42.0 Å². The number of para-hydroxylation sites is 1. The van der Waals surface area contributed by atoms with Gasteiger partial charge in [0.15, 0.2) is 0 Å². The Balaban J connectivity index is 1.69. The molecule has 0 saturated carbocycles. The van der Waals surface area contributed by atoms with Crippen molar-refractivity contribution in [2.24, 2.45) is 0 Å². The predicted octanol–water partition coefficient (Wildman–Crippen LogP) is 4.88. The number of nitrogens with zero attached hydrogens (tertiary/aromatic N) is 2. The molecular formula is C22H16ClN3O. The third-order valence-corrected chi connectivity index (χ3v) is 4.51. The van der Waals surface area contributed by atoms with Crippen LogP contribution in [0.3, 0.4) is 0 Å². The van der Waals surface area contributed by atoms with E-state index in [1.807, 2.05) is 66.7 Å². The van der Waals surface area contributed by atoms with Crippen molar-refractivity contribution < 1.29 is 4.79 Å². The van der Waals surface area contributed by atoms with E-state index in [-0.39, 0.29) is 5.91 Å². The molecule has 27 heavy (non-hydrogen) atoms. The summed E-state index contributed by atoms with van der Waals surface area (Å²) in [6.07, 6.45) is 1.71. The van der Waals surface area contributed by atoms with Gasteiger partial charge in [-0.3, -0.25) is 9.78 Å². The van der Waals surface area contributed by atoms with Crippen LogP contribution in [0.1, 0.15) is 15.9 Å². The lowest BCUT2D eigenvalue weighted by molar-refractivity contribution is 0.0952. The number of hydrogen-bond donors (Lipinski definition) is 1. The lowest BCUT2D eigenvalue weighted by atomic mass is 10.1. The lowest BCUT2D eigenvalue weighted by Gasteiger charge is -2.10.